The molecule has 3 rings (SSSR count). The van der Waals surface area contributed by atoms with Gasteiger partial charge in [0.15, 0.2) is 0 Å². The van der Waals surface area contributed by atoms with E-state index in [1.165, 1.54) is 28.4 Å². The van der Waals surface area contributed by atoms with Gasteiger partial charge in [-0.25, -0.2) is 4.98 Å². The van der Waals surface area contributed by atoms with Crippen molar-refractivity contribution in [2.24, 2.45) is 5.41 Å². The Bertz CT molecular complexity index is 471. The highest BCUT2D eigenvalue weighted by Gasteiger charge is 2.44. The SMILES string of the molecule is CNC1CC(C)(C)Cc2nc(C3(OC)CCC3)sc21. The van der Waals surface area contributed by atoms with Crippen LogP contribution in [0.3, 0.4) is 0 Å². The van der Waals surface area contributed by atoms with E-state index in [0.29, 0.717) is 11.5 Å². The van der Waals surface area contributed by atoms with E-state index in [0.717, 1.165) is 19.3 Å². The van der Waals surface area contributed by atoms with Crippen LogP contribution in [0, 0.1) is 5.41 Å². The summed E-state index contributed by atoms with van der Waals surface area (Å²) in [5.41, 5.74) is 1.58. The number of thiazole rings is 1. The van der Waals surface area contributed by atoms with Gasteiger partial charge < -0.3 is 10.1 Å². The van der Waals surface area contributed by atoms with Crippen molar-refractivity contribution >= 4 is 11.3 Å². The first-order valence-corrected chi connectivity index (χ1v) is 8.04. The van der Waals surface area contributed by atoms with Crippen LogP contribution in [-0.4, -0.2) is 19.1 Å². The van der Waals surface area contributed by atoms with E-state index in [-0.39, 0.29) is 5.60 Å². The van der Waals surface area contributed by atoms with Crippen molar-refractivity contribution in [3.63, 3.8) is 0 Å². The molecule has 3 nitrogen and oxygen atoms in total. The summed E-state index contributed by atoms with van der Waals surface area (Å²) < 4.78 is 5.79. The number of methoxy groups -OCH3 is 1. The summed E-state index contributed by atoms with van der Waals surface area (Å²) >= 11 is 1.88. The van der Waals surface area contributed by atoms with E-state index in [1.54, 1.807) is 0 Å². The summed E-state index contributed by atoms with van der Waals surface area (Å²) in [6, 6.07) is 0.457. The normalized spacial score (nSPS) is 27.7. The predicted molar refractivity (Wildman–Crippen MR) is 78.6 cm³/mol. The minimum absolute atomic E-state index is 0.0650. The van der Waals surface area contributed by atoms with Crippen LogP contribution in [0.25, 0.3) is 0 Å². The molecule has 19 heavy (non-hydrogen) atoms. The van der Waals surface area contributed by atoms with Crippen molar-refractivity contribution in [3.05, 3.63) is 15.6 Å². The van der Waals surface area contributed by atoms with E-state index in [2.05, 4.69) is 26.2 Å². The lowest BCUT2D eigenvalue weighted by Crippen LogP contribution is -2.36. The van der Waals surface area contributed by atoms with Gasteiger partial charge in [-0.05, 0) is 44.6 Å². The second-order valence-corrected chi connectivity index (χ2v) is 7.80. The highest BCUT2D eigenvalue weighted by Crippen LogP contribution is 2.50. The highest BCUT2D eigenvalue weighted by molar-refractivity contribution is 7.12. The van der Waals surface area contributed by atoms with Crippen LogP contribution in [0.1, 0.15) is 61.2 Å². The maximum Gasteiger partial charge on any atom is 0.125 e. The lowest BCUT2D eigenvalue weighted by molar-refractivity contribution is -0.0780. The fourth-order valence-electron chi connectivity index (χ4n) is 3.36. The average molecular weight is 280 g/mol. The zero-order valence-corrected chi connectivity index (χ0v) is 13.2. The Morgan fingerprint density at radius 3 is 2.63 bits per heavy atom. The predicted octanol–water partition coefficient (Wildman–Crippen LogP) is 3.40. The molecule has 1 saturated carbocycles. The van der Waals surface area contributed by atoms with E-state index in [9.17, 15) is 0 Å². The maximum atomic E-state index is 5.79. The summed E-state index contributed by atoms with van der Waals surface area (Å²) in [4.78, 5) is 6.41. The second-order valence-electron chi connectivity index (χ2n) is 6.77. The number of fused-ring (bicyclic) bond motifs is 1. The third-order valence-corrected chi connectivity index (χ3v) is 6.13. The van der Waals surface area contributed by atoms with Crippen LogP contribution in [0.4, 0.5) is 0 Å². The number of hydrogen-bond acceptors (Lipinski definition) is 4. The van der Waals surface area contributed by atoms with E-state index >= 15 is 0 Å². The van der Waals surface area contributed by atoms with Gasteiger partial charge in [-0.15, -0.1) is 11.3 Å². The topological polar surface area (TPSA) is 34.2 Å². The largest absolute Gasteiger partial charge is 0.371 e. The smallest absolute Gasteiger partial charge is 0.125 e. The molecule has 0 aromatic carbocycles. The summed E-state index contributed by atoms with van der Waals surface area (Å²) in [5, 5.41) is 4.68. The lowest BCUT2D eigenvalue weighted by atomic mass is 9.76. The molecule has 2 aliphatic rings. The average Bonchev–Trinajstić information content (AvgIpc) is 2.69. The molecule has 1 aromatic heterocycles. The molecule has 0 aliphatic heterocycles. The molecule has 106 valence electrons. The minimum Gasteiger partial charge on any atom is -0.371 e. The molecule has 1 fully saturated rings. The van der Waals surface area contributed by atoms with E-state index < -0.39 is 0 Å². The zero-order chi connectivity index (χ0) is 13.7. The number of aromatic nitrogens is 1. The lowest BCUT2D eigenvalue weighted by Gasteiger charge is -2.38. The van der Waals surface area contributed by atoms with Gasteiger partial charge >= 0.3 is 0 Å². The van der Waals surface area contributed by atoms with Gasteiger partial charge in [0.05, 0.1) is 5.69 Å². The number of ether oxygens (including phenoxy) is 1. The molecule has 4 heteroatoms. The molecule has 0 amide bonds. The van der Waals surface area contributed by atoms with Gasteiger partial charge in [-0.3, -0.25) is 0 Å². The molecule has 0 bridgehead atoms. The van der Waals surface area contributed by atoms with Crippen molar-refractivity contribution in [3.8, 4) is 0 Å². The van der Waals surface area contributed by atoms with Gasteiger partial charge in [-0.1, -0.05) is 13.8 Å². The molecule has 0 radical (unpaired) electrons. The molecule has 0 saturated heterocycles. The Morgan fingerprint density at radius 2 is 2.11 bits per heavy atom. The first-order valence-electron chi connectivity index (χ1n) is 7.22. The van der Waals surface area contributed by atoms with Gasteiger partial charge in [0.1, 0.15) is 10.6 Å². The van der Waals surface area contributed by atoms with Crippen molar-refractivity contribution in [1.82, 2.24) is 10.3 Å². The van der Waals surface area contributed by atoms with Crippen LogP contribution < -0.4 is 5.32 Å². The summed E-state index contributed by atoms with van der Waals surface area (Å²) in [5.74, 6) is 0. The minimum atomic E-state index is -0.0650. The van der Waals surface area contributed by atoms with Gasteiger partial charge in [0, 0.05) is 18.0 Å². The molecule has 1 heterocycles. The Labute approximate surface area is 119 Å². The highest BCUT2D eigenvalue weighted by atomic mass is 32.1. The number of rotatable bonds is 3. The van der Waals surface area contributed by atoms with Crippen LogP contribution in [0.2, 0.25) is 0 Å². The number of nitrogens with one attached hydrogen (secondary N) is 1. The van der Waals surface area contributed by atoms with Crippen LogP contribution >= 0.6 is 11.3 Å². The Kier molecular flexibility index (Phi) is 3.23. The zero-order valence-electron chi connectivity index (χ0n) is 12.4. The first kappa shape index (κ1) is 13.5. The third-order valence-electron chi connectivity index (χ3n) is 4.74. The first-order chi connectivity index (χ1) is 9.00. The number of nitrogens with zero attached hydrogens (tertiary/aromatic N) is 1. The summed E-state index contributed by atoms with van der Waals surface area (Å²) in [6.07, 6.45) is 5.81. The van der Waals surface area contributed by atoms with E-state index in [4.69, 9.17) is 9.72 Å². The molecule has 1 unspecified atom stereocenters. The Morgan fingerprint density at radius 1 is 1.37 bits per heavy atom. The molecule has 1 N–H and O–H groups in total. The van der Waals surface area contributed by atoms with Crippen LogP contribution in [-0.2, 0) is 16.8 Å². The molecule has 1 atom stereocenters. The molecular formula is C15H24N2OS. The molecule has 0 spiro atoms. The molecule has 1 aromatic rings. The summed E-state index contributed by atoms with van der Waals surface area (Å²) in [7, 11) is 3.89. The quantitative estimate of drug-likeness (QED) is 0.921. The fourth-order valence-corrected chi connectivity index (χ4v) is 4.78. The van der Waals surface area contributed by atoms with Crippen molar-refractivity contribution < 1.29 is 4.74 Å². The molecular weight excluding hydrogens is 256 g/mol. The van der Waals surface area contributed by atoms with E-state index in [1.807, 2.05) is 18.4 Å². The van der Waals surface area contributed by atoms with Crippen molar-refractivity contribution in [2.45, 2.75) is 57.6 Å². The Balaban J connectivity index is 1.98. The second kappa shape index (κ2) is 4.54. The maximum absolute atomic E-state index is 5.79. The monoisotopic (exact) mass is 280 g/mol. The fraction of sp³-hybridized carbons (Fsp3) is 0.800. The van der Waals surface area contributed by atoms with Crippen molar-refractivity contribution in [2.75, 3.05) is 14.2 Å². The van der Waals surface area contributed by atoms with Crippen LogP contribution in [0.5, 0.6) is 0 Å². The van der Waals surface area contributed by atoms with Crippen LogP contribution in [0.15, 0.2) is 0 Å². The summed E-state index contributed by atoms with van der Waals surface area (Å²) in [6.45, 7) is 4.68. The van der Waals surface area contributed by atoms with Crippen molar-refractivity contribution in [1.29, 1.82) is 0 Å². The molecule has 2 aliphatic carbocycles. The Hall–Kier alpha value is -0.450. The third kappa shape index (κ3) is 2.14. The number of hydrogen-bond donors (Lipinski definition) is 1. The standard InChI is InChI=1S/C15H24N2OS/c1-14(2)8-10(16-3)12-11(9-14)17-13(19-12)15(18-4)6-5-7-15/h10,16H,5-9H2,1-4H3. The van der Waals surface area contributed by atoms with Gasteiger partial charge in [-0.2, -0.15) is 0 Å². The van der Waals surface area contributed by atoms with Gasteiger partial charge in [0.25, 0.3) is 0 Å². The van der Waals surface area contributed by atoms with Gasteiger partial charge in [0.2, 0.25) is 0 Å².